The first-order chi connectivity index (χ1) is 8.65. The van der Waals surface area contributed by atoms with Crippen LogP contribution in [0.1, 0.15) is 27.2 Å². The highest BCUT2D eigenvalue weighted by atomic mass is 28.4. The number of methoxy groups -OCH3 is 1. The average molecular weight is 284 g/mol. The number of esters is 1. The molecule has 2 aliphatic rings. The number of epoxide rings is 1. The minimum atomic E-state index is -1.84. The first-order valence-electron chi connectivity index (χ1n) is 6.78. The summed E-state index contributed by atoms with van der Waals surface area (Å²) in [5, 5.41) is 0.157. The fraction of sp³-hybridized carbons (Fsp3) is 0.786. The van der Waals surface area contributed by atoms with Gasteiger partial charge >= 0.3 is 5.97 Å². The molecule has 0 radical (unpaired) electrons. The highest BCUT2D eigenvalue weighted by Gasteiger charge is 2.51. The molecule has 1 heterocycles. The van der Waals surface area contributed by atoms with Gasteiger partial charge in [0.15, 0.2) is 8.32 Å². The van der Waals surface area contributed by atoms with Crippen LogP contribution in [-0.2, 0) is 18.7 Å². The second-order valence-corrected chi connectivity index (χ2v) is 11.6. The summed E-state index contributed by atoms with van der Waals surface area (Å²) < 4.78 is 16.8. The average Bonchev–Trinajstić information content (AvgIpc) is 3.05. The van der Waals surface area contributed by atoms with Gasteiger partial charge in [-0.1, -0.05) is 20.8 Å². The van der Waals surface area contributed by atoms with E-state index in [4.69, 9.17) is 13.9 Å². The molecule has 0 amide bonds. The fourth-order valence-corrected chi connectivity index (χ4v) is 3.44. The van der Waals surface area contributed by atoms with E-state index in [-0.39, 0.29) is 29.3 Å². The maximum Gasteiger partial charge on any atom is 0.333 e. The van der Waals surface area contributed by atoms with Gasteiger partial charge in [-0.05, 0) is 24.2 Å². The summed E-state index contributed by atoms with van der Waals surface area (Å²) in [4.78, 5) is 11.6. The number of ether oxygens (including phenoxy) is 2. The molecule has 0 aromatic carbocycles. The minimum Gasteiger partial charge on any atom is -0.466 e. The van der Waals surface area contributed by atoms with Crippen molar-refractivity contribution in [2.24, 2.45) is 0 Å². The summed E-state index contributed by atoms with van der Waals surface area (Å²) in [6, 6.07) is 0. The second-order valence-electron chi connectivity index (χ2n) is 6.87. The zero-order valence-corrected chi connectivity index (χ0v) is 13.6. The molecule has 0 saturated carbocycles. The van der Waals surface area contributed by atoms with Gasteiger partial charge in [0, 0.05) is 12.0 Å². The molecule has 0 aromatic heterocycles. The van der Waals surface area contributed by atoms with Gasteiger partial charge in [0.2, 0.25) is 0 Å². The molecular weight excluding hydrogens is 260 g/mol. The SMILES string of the molecule is COC(=O)C1=C[C@H]2O[C@H]2[C@H](O[Si](C)(C)C(C)(C)C)C1. The van der Waals surface area contributed by atoms with Crippen molar-refractivity contribution in [2.75, 3.05) is 7.11 Å². The first-order valence-corrected chi connectivity index (χ1v) is 9.69. The topological polar surface area (TPSA) is 48.1 Å². The lowest BCUT2D eigenvalue weighted by molar-refractivity contribution is -0.136. The van der Waals surface area contributed by atoms with Gasteiger partial charge in [-0.25, -0.2) is 4.79 Å². The molecule has 1 aliphatic carbocycles. The lowest BCUT2D eigenvalue weighted by Crippen LogP contribution is -2.46. The number of hydrogen-bond acceptors (Lipinski definition) is 4. The molecule has 0 bridgehead atoms. The van der Waals surface area contributed by atoms with Crippen molar-refractivity contribution in [1.82, 2.24) is 0 Å². The predicted octanol–water partition coefficient (Wildman–Crippen LogP) is 2.65. The third-order valence-corrected chi connectivity index (χ3v) is 8.92. The third kappa shape index (κ3) is 2.93. The van der Waals surface area contributed by atoms with Crippen LogP contribution in [0.25, 0.3) is 0 Å². The largest absolute Gasteiger partial charge is 0.466 e. The predicted molar refractivity (Wildman–Crippen MR) is 75.4 cm³/mol. The molecule has 1 aliphatic heterocycles. The van der Waals surface area contributed by atoms with E-state index in [1.54, 1.807) is 0 Å². The molecule has 0 aromatic rings. The molecule has 2 rings (SSSR count). The van der Waals surface area contributed by atoms with Crippen molar-refractivity contribution in [2.45, 2.75) is 63.6 Å². The van der Waals surface area contributed by atoms with E-state index in [1.807, 2.05) is 6.08 Å². The zero-order chi connectivity index (χ0) is 14.4. The van der Waals surface area contributed by atoms with E-state index in [9.17, 15) is 4.79 Å². The molecule has 0 N–H and O–H groups in total. The number of rotatable bonds is 3. The lowest BCUT2D eigenvalue weighted by atomic mass is 9.97. The number of hydrogen-bond donors (Lipinski definition) is 0. The standard InChI is InChI=1S/C14H24O4Si/c1-14(2,3)19(5,6)18-11-8-9(13(15)16-4)7-10-12(11)17-10/h7,10-12H,8H2,1-6H3/t10-,11-,12-/m1/s1. The van der Waals surface area contributed by atoms with Crippen LogP contribution in [0, 0.1) is 0 Å². The van der Waals surface area contributed by atoms with Crippen LogP contribution in [-0.4, -0.2) is 39.7 Å². The Morgan fingerprint density at radius 3 is 2.58 bits per heavy atom. The van der Waals surface area contributed by atoms with E-state index in [2.05, 4.69) is 33.9 Å². The lowest BCUT2D eigenvalue weighted by Gasteiger charge is -2.39. The summed E-state index contributed by atoms with van der Waals surface area (Å²) in [6.45, 7) is 11.1. The second kappa shape index (κ2) is 4.72. The smallest absolute Gasteiger partial charge is 0.333 e. The van der Waals surface area contributed by atoms with Gasteiger partial charge in [0.1, 0.15) is 12.2 Å². The summed E-state index contributed by atoms with van der Waals surface area (Å²) in [5.41, 5.74) is 0.685. The Kier molecular flexibility index (Phi) is 3.66. The van der Waals surface area contributed by atoms with Crippen LogP contribution in [0.15, 0.2) is 11.6 Å². The molecule has 0 unspecified atom stereocenters. The quantitative estimate of drug-likeness (QED) is 0.454. The van der Waals surface area contributed by atoms with Gasteiger partial charge in [0.25, 0.3) is 0 Å². The van der Waals surface area contributed by atoms with Crippen LogP contribution < -0.4 is 0 Å². The van der Waals surface area contributed by atoms with E-state index >= 15 is 0 Å². The van der Waals surface area contributed by atoms with Gasteiger partial charge in [-0.2, -0.15) is 0 Å². The molecule has 1 fully saturated rings. The number of carbonyl (C=O) groups is 1. The van der Waals surface area contributed by atoms with Gasteiger partial charge in [-0.3, -0.25) is 0 Å². The van der Waals surface area contributed by atoms with Gasteiger partial charge in [-0.15, -0.1) is 0 Å². The Morgan fingerprint density at radius 2 is 2.05 bits per heavy atom. The molecule has 3 atom stereocenters. The first kappa shape index (κ1) is 14.7. The Labute approximate surface area is 116 Å². The van der Waals surface area contributed by atoms with Crippen LogP contribution >= 0.6 is 0 Å². The van der Waals surface area contributed by atoms with Crippen LogP contribution in [0.5, 0.6) is 0 Å². The Hall–Kier alpha value is -0.653. The Balaban J connectivity index is 2.08. The summed E-state index contributed by atoms with van der Waals surface area (Å²) in [6.07, 6.45) is 2.63. The van der Waals surface area contributed by atoms with E-state index in [1.165, 1.54) is 7.11 Å². The van der Waals surface area contributed by atoms with Crippen molar-refractivity contribution in [3.05, 3.63) is 11.6 Å². The Morgan fingerprint density at radius 1 is 1.42 bits per heavy atom. The van der Waals surface area contributed by atoms with E-state index in [0.29, 0.717) is 12.0 Å². The van der Waals surface area contributed by atoms with E-state index in [0.717, 1.165) is 0 Å². The van der Waals surface area contributed by atoms with Crippen LogP contribution in [0.4, 0.5) is 0 Å². The Bertz CT molecular complexity index is 408. The number of carbonyl (C=O) groups excluding carboxylic acids is 1. The minimum absolute atomic E-state index is 0.00927. The van der Waals surface area contributed by atoms with Crippen molar-refractivity contribution in [1.29, 1.82) is 0 Å². The van der Waals surface area contributed by atoms with Crippen molar-refractivity contribution < 1.29 is 18.7 Å². The molecule has 5 heteroatoms. The monoisotopic (exact) mass is 284 g/mol. The maximum atomic E-state index is 11.6. The highest BCUT2D eigenvalue weighted by molar-refractivity contribution is 6.74. The maximum absolute atomic E-state index is 11.6. The van der Waals surface area contributed by atoms with Crippen molar-refractivity contribution >= 4 is 14.3 Å². The molecule has 4 nitrogen and oxygen atoms in total. The zero-order valence-electron chi connectivity index (χ0n) is 12.6. The fourth-order valence-electron chi connectivity index (χ4n) is 2.12. The molecular formula is C14H24O4Si. The normalized spacial score (nSPS) is 30.4. The molecule has 108 valence electrons. The van der Waals surface area contributed by atoms with Crippen LogP contribution in [0.2, 0.25) is 18.1 Å². The van der Waals surface area contributed by atoms with Crippen LogP contribution in [0.3, 0.4) is 0 Å². The van der Waals surface area contributed by atoms with Gasteiger partial charge in [0.05, 0.1) is 13.2 Å². The van der Waals surface area contributed by atoms with Crippen molar-refractivity contribution in [3.8, 4) is 0 Å². The number of fused-ring (bicyclic) bond motifs is 1. The summed E-state index contributed by atoms with van der Waals surface area (Å²) >= 11 is 0. The van der Waals surface area contributed by atoms with Crippen molar-refractivity contribution in [3.63, 3.8) is 0 Å². The highest BCUT2D eigenvalue weighted by Crippen LogP contribution is 2.43. The van der Waals surface area contributed by atoms with Gasteiger partial charge < -0.3 is 13.9 Å². The third-order valence-electron chi connectivity index (χ3n) is 4.41. The summed E-state index contributed by atoms with van der Waals surface area (Å²) in [5.74, 6) is -0.266. The molecule has 19 heavy (non-hydrogen) atoms. The van der Waals surface area contributed by atoms with E-state index < -0.39 is 8.32 Å². The molecule has 0 spiro atoms. The summed E-state index contributed by atoms with van der Waals surface area (Å²) in [7, 11) is -0.432. The molecule has 1 saturated heterocycles.